The van der Waals surface area contributed by atoms with Gasteiger partial charge in [0.2, 0.25) is 5.91 Å². The summed E-state index contributed by atoms with van der Waals surface area (Å²) in [5.74, 6) is 1.10. The molecule has 6 rings (SSSR count). The molecule has 1 amide bonds. The fraction of sp³-hybridized carbons (Fsp3) is 0.273. The minimum absolute atomic E-state index is 0.116. The Bertz CT molecular complexity index is 1920. The van der Waals surface area contributed by atoms with Gasteiger partial charge in [0.05, 0.1) is 22.4 Å². The summed E-state index contributed by atoms with van der Waals surface area (Å²) in [4.78, 5) is 25.8. The fourth-order valence-corrected chi connectivity index (χ4v) is 5.54. The van der Waals surface area contributed by atoms with Gasteiger partial charge in [-0.2, -0.15) is 0 Å². The van der Waals surface area contributed by atoms with E-state index in [4.69, 9.17) is 9.72 Å². The van der Waals surface area contributed by atoms with Gasteiger partial charge in [-0.25, -0.2) is 24.0 Å². The molecular weight excluding hydrogens is 559 g/mol. The van der Waals surface area contributed by atoms with E-state index in [-0.39, 0.29) is 17.6 Å². The molecule has 10 nitrogen and oxygen atoms in total. The zero-order valence-electron chi connectivity index (χ0n) is 24.8. The lowest BCUT2D eigenvalue weighted by Crippen LogP contribution is -2.31. The van der Waals surface area contributed by atoms with E-state index in [1.54, 1.807) is 35.9 Å². The number of ether oxygens (including phenoxy) is 1. The molecule has 2 aromatic carbocycles. The highest BCUT2D eigenvalue weighted by Gasteiger charge is 2.22. The van der Waals surface area contributed by atoms with Crippen LogP contribution >= 0.6 is 0 Å². The maximum absolute atomic E-state index is 15.7. The molecule has 5 aromatic rings. The second kappa shape index (κ2) is 12.2. The zero-order chi connectivity index (χ0) is 30.8. The van der Waals surface area contributed by atoms with Gasteiger partial charge in [-0.1, -0.05) is 31.2 Å². The Hall–Kier alpha value is -5.19. The van der Waals surface area contributed by atoms with Gasteiger partial charge in [0.25, 0.3) is 0 Å². The first-order valence-corrected chi connectivity index (χ1v) is 14.6. The largest absolute Gasteiger partial charge is 0.457 e. The molecule has 1 aliphatic carbocycles. The number of hydrogen-bond acceptors (Lipinski definition) is 8. The van der Waals surface area contributed by atoms with Gasteiger partial charge in [-0.15, -0.1) is 5.10 Å². The topological polar surface area (TPSA) is 120 Å². The summed E-state index contributed by atoms with van der Waals surface area (Å²) in [5.41, 5.74) is 5.09. The fourth-order valence-electron chi connectivity index (χ4n) is 5.54. The van der Waals surface area contributed by atoms with Gasteiger partial charge in [0, 0.05) is 24.7 Å². The van der Waals surface area contributed by atoms with Gasteiger partial charge >= 0.3 is 0 Å². The standard InChI is InChI=1S/C33H33FN8O2/c1-5-20-7-8-22(37-30(43)6-2)16-21(15-20)24-10-11-26-32(38-24)33(36-18-35-26)39-25-12-14-29(19(3)31(25)34)44-23-9-13-28-27(17-23)40-41-42(28)4/h6,9-14,16-18,20,22H,2,5,7-8,15H2,1,3-4H3,(H,37,43)(H,35,36,39). The summed E-state index contributed by atoms with van der Waals surface area (Å²) in [6.45, 7) is 7.42. The SMILES string of the molecule is C=CC(=O)NC1C=C(c2ccc3ncnc(Nc4ccc(Oc5ccc6c(c5)nnn6C)c(C)c4F)c3n2)CC(CC)CC1. The summed E-state index contributed by atoms with van der Waals surface area (Å²) in [6, 6.07) is 12.5. The molecule has 0 radical (unpaired) electrons. The molecule has 0 aliphatic heterocycles. The van der Waals surface area contributed by atoms with Crippen LogP contribution in [0.2, 0.25) is 0 Å². The van der Waals surface area contributed by atoms with Gasteiger partial charge < -0.3 is 15.4 Å². The number of rotatable bonds is 8. The zero-order valence-corrected chi connectivity index (χ0v) is 24.8. The second-order valence-corrected chi connectivity index (χ2v) is 11.0. The third-order valence-corrected chi connectivity index (χ3v) is 8.10. The number of anilines is 2. The molecule has 0 spiro atoms. The Balaban J connectivity index is 1.29. The minimum Gasteiger partial charge on any atom is -0.457 e. The van der Waals surface area contributed by atoms with Crippen molar-refractivity contribution in [1.29, 1.82) is 0 Å². The van der Waals surface area contributed by atoms with E-state index >= 15 is 4.39 Å². The number of hydrogen-bond donors (Lipinski definition) is 2. The molecule has 0 saturated heterocycles. The van der Waals surface area contributed by atoms with E-state index in [1.165, 1.54) is 12.4 Å². The van der Waals surface area contributed by atoms with Crippen LogP contribution in [0, 0.1) is 18.7 Å². The van der Waals surface area contributed by atoms with Crippen molar-refractivity contribution in [3.63, 3.8) is 0 Å². The van der Waals surface area contributed by atoms with Crippen LogP contribution in [0.15, 0.2) is 67.5 Å². The summed E-state index contributed by atoms with van der Waals surface area (Å²) in [6.07, 6.45) is 8.51. The predicted molar refractivity (Wildman–Crippen MR) is 168 cm³/mol. The molecular formula is C33H33FN8O2. The van der Waals surface area contributed by atoms with Crippen molar-refractivity contribution in [3.8, 4) is 11.5 Å². The van der Waals surface area contributed by atoms with Gasteiger partial charge in [-0.3, -0.25) is 4.79 Å². The minimum atomic E-state index is -0.468. The van der Waals surface area contributed by atoms with E-state index in [2.05, 4.69) is 50.5 Å². The second-order valence-electron chi connectivity index (χ2n) is 11.0. The van der Waals surface area contributed by atoms with Crippen LogP contribution in [0.3, 0.4) is 0 Å². The normalized spacial score (nSPS) is 16.8. The van der Waals surface area contributed by atoms with Crippen LogP contribution in [0.1, 0.15) is 43.9 Å². The number of amides is 1. The van der Waals surface area contributed by atoms with E-state index in [0.717, 1.165) is 42.5 Å². The van der Waals surface area contributed by atoms with E-state index in [0.29, 0.717) is 45.3 Å². The number of nitrogens with zero attached hydrogens (tertiary/aromatic N) is 6. The third kappa shape index (κ3) is 5.85. The van der Waals surface area contributed by atoms with Crippen molar-refractivity contribution in [2.24, 2.45) is 13.0 Å². The number of benzene rings is 2. The number of aryl methyl sites for hydroxylation is 1. The molecule has 2 N–H and O–H groups in total. The summed E-state index contributed by atoms with van der Waals surface area (Å²) in [7, 11) is 1.82. The highest BCUT2D eigenvalue weighted by atomic mass is 19.1. The number of halogens is 1. The Kier molecular flexibility index (Phi) is 8.01. The van der Waals surface area contributed by atoms with Gasteiger partial charge in [-0.05, 0) is 80.2 Å². The van der Waals surface area contributed by atoms with Crippen molar-refractivity contribution in [3.05, 3.63) is 84.6 Å². The molecule has 1 aliphatic rings. The van der Waals surface area contributed by atoms with Gasteiger partial charge in [0.1, 0.15) is 28.9 Å². The first-order chi connectivity index (χ1) is 21.3. The summed E-state index contributed by atoms with van der Waals surface area (Å²) >= 11 is 0. The first-order valence-electron chi connectivity index (χ1n) is 14.6. The average molecular weight is 593 g/mol. The monoisotopic (exact) mass is 592 g/mol. The van der Waals surface area contributed by atoms with Crippen LogP contribution in [0.25, 0.3) is 27.6 Å². The lowest BCUT2D eigenvalue weighted by molar-refractivity contribution is -0.116. The molecule has 3 heterocycles. The molecule has 3 aromatic heterocycles. The van der Waals surface area contributed by atoms with E-state index < -0.39 is 5.82 Å². The Morgan fingerprint density at radius 3 is 2.84 bits per heavy atom. The summed E-state index contributed by atoms with van der Waals surface area (Å²) < 4.78 is 23.4. The number of carbonyl (C=O) groups is 1. The van der Waals surface area contributed by atoms with Crippen LogP contribution in [0.4, 0.5) is 15.9 Å². The van der Waals surface area contributed by atoms with Crippen LogP contribution in [0.5, 0.6) is 11.5 Å². The maximum atomic E-state index is 15.7. The predicted octanol–water partition coefficient (Wildman–Crippen LogP) is 6.55. The number of allylic oxidation sites excluding steroid dienone is 1. The maximum Gasteiger partial charge on any atom is 0.243 e. The van der Waals surface area contributed by atoms with E-state index in [9.17, 15) is 4.79 Å². The lowest BCUT2D eigenvalue weighted by Gasteiger charge is -2.15. The molecule has 0 bridgehead atoms. The average Bonchev–Trinajstić information content (AvgIpc) is 3.27. The Morgan fingerprint density at radius 2 is 2.02 bits per heavy atom. The number of nitrogens with one attached hydrogen (secondary N) is 2. The molecule has 11 heteroatoms. The lowest BCUT2D eigenvalue weighted by atomic mass is 9.93. The van der Waals surface area contributed by atoms with E-state index in [1.807, 2.05) is 25.2 Å². The number of carbonyl (C=O) groups excluding carboxylic acids is 1. The molecule has 0 saturated carbocycles. The van der Waals surface area contributed by atoms with Gasteiger partial charge in [0.15, 0.2) is 11.6 Å². The van der Waals surface area contributed by atoms with Crippen LogP contribution in [-0.4, -0.2) is 41.9 Å². The highest BCUT2D eigenvalue weighted by molar-refractivity contribution is 5.89. The van der Waals surface area contributed by atoms with Crippen LogP contribution < -0.4 is 15.4 Å². The Labute approximate surface area is 254 Å². The Morgan fingerprint density at radius 1 is 1.16 bits per heavy atom. The number of pyridine rings is 1. The highest BCUT2D eigenvalue weighted by Crippen LogP contribution is 2.35. The molecule has 2 atom stereocenters. The molecule has 224 valence electrons. The number of aromatic nitrogens is 6. The smallest absolute Gasteiger partial charge is 0.243 e. The van der Waals surface area contributed by atoms with Crippen molar-refractivity contribution in [1.82, 2.24) is 35.3 Å². The molecule has 0 fully saturated rings. The van der Waals surface area contributed by atoms with Crippen molar-refractivity contribution in [2.75, 3.05) is 5.32 Å². The quantitative estimate of drug-likeness (QED) is 0.195. The molecule has 2 unspecified atom stereocenters. The third-order valence-electron chi connectivity index (χ3n) is 8.10. The summed E-state index contributed by atoms with van der Waals surface area (Å²) in [5, 5.41) is 14.3. The number of fused-ring (bicyclic) bond motifs is 2. The van der Waals surface area contributed by atoms with Crippen molar-refractivity contribution in [2.45, 2.75) is 45.6 Å². The molecule has 44 heavy (non-hydrogen) atoms. The van der Waals surface area contributed by atoms with Crippen molar-refractivity contribution >= 4 is 45.1 Å². The van der Waals surface area contributed by atoms with Crippen LogP contribution in [-0.2, 0) is 11.8 Å². The first kappa shape index (κ1) is 28.9. The van der Waals surface area contributed by atoms with Crippen molar-refractivity contribution < 1.29 is 13.9 Å².